The largest absolute Gasteiger partial charge is 0.319 e. The van der Waals surface area contributed by atoms with Crippen molar-refractivity contribution in [3.8, 4) is 0 Å². The fraction of sp³-hybridized carbons (Fsp3) is 0.200. The molecule has 1 aromatic heterocycles. The zero-order valence-corrected chi connectivity index (χ0v) is 10.1. The van der Waals surface area contributed by atoms with Gasteiger partial charge in [0.2, 0.25) is 0 Å². The van der Waals surface area contributed by atoms with Crippen LogP contribution in [-0.2, 0) is 7.05 Å². The summed E-state index contributed by atoms with van der Waals surface area (Å²) in [5, 5.41) is 7.63. The van der Waals surface area contributed by atoms with Crippen molar-refractivity contribution in [3.05, 3.63) is 45.9 Å². The number of aromatic nitrogens is 3. The highest BCUT2D eigenvalue weighted by atomic mass is 79.9. The first-order chi connectivity index (χ1) is 7.61. The topological polar surface area (TPSA) is 56.7 Å². The van der Waals surface area contributed by atoms with E-state index in [0.717, 1.165) is 0 Å². The summed E-state index contributed by atoms with van der Waals surface area (Å²) in [6.07, 6.45) is 0. The third kappa shape index (κ3) is 1.85. The molecule has 4 nitrogen and oxygen atoms in total. The molecular formula is C10H10BrFN4. The van der Waals surface area contributed by atoms with Gasteiger partial charge in [-0.2, -0.15) is 0 Å². The Morgan fingerprint density at radius 2 is 2.12 bits per heavy atom. The van der Waals surface area contributed by atoms with Crippen LogP contribution in [0, 0.1) is 5.82 Å². The van der Waals surface area contributed by atoms with E-state index in [0.29, 0.717) is 15.9 Å². The summed E-state index contributed by atoms with van der Waals surface area (Å²) < 4.78 is 15.6. The third-order valence-corrected chi connectivity index (χ3v) is 2.93. The number of nitrogens with two attached hydrogens (primary N) is 1. The van der Waals surface area contributed by atoms with Crippen molar-refractivity contribution in [1.29, 1.82) is 0 Å². The second-order valence-electron chi connectivity index (χ2n) is 3.39. The van der Waals surface area contributed by atoms with Crippen molar-refractivity contribution >= 4 is 15.9 Å². The number of aryl methyl sites for hydroxylation is 1. The number of hydrogen-bond acceptors (Lipinski definition) is 3. The van der Waals surface area contributed by atoms with E-state index in [4.69, 9.17) is 5.73 Å². The van der Waals surface area contributed by atoms with Crippen LogP contribution in [0.3, 0.4) is 0 Å². The van der Waals surface area contributed by atoms with Gasteiger partial charge in [-0.15, -0.1) is 5.10 Å². The van der Waals surface area contributed by atoms with Crippen LogP contribution in [0.5, 0.6) is 0 Å². The molecule has 2 rings (SSSR count). The van der Waals surface area contributed by atoms with Gasteiger partial charge in [0.15, 0.2) is 4.60 Å². The summed E-state index contributed by atoms with van der Waals surface area (Å²) >= 11 is 3.24. The maximum absolute atomic E-state index is 13.5. The molecule has 2 aromatic rings. The van der Waals surface area contributed by atoms with E-state index < -0.39 is 6.04 Å². The molecule has 1 atom stereocenters. The molecule has 2 N–H and O–H groups in total. The van der Waals surface area contributed by atoms with E-state index in [-0.39, 0.29) is 5.82 Å². The lowest BCUT2D eigenvalue weighted by Gasteiger charge is -2.12. The van der Waals surface area contributed by atoms with Gasteiger partial charge < -0.3 is 5.73 Å². The molecule has 84 valence electrons. The van der Waals surface area contributed by atoms with Crippen LogP contribution in [0.15, 0.2) is 28.9 Å². The molecule has 0 fully saturated rings. The van der Waals surface area contributed by atoms with Crippen LogP contribution < -0.4 is 5.73 Å². The van der Waals surface area contributed by atoms with Crippen LogP contribution in [0.4, 0.5) is 4.39 Å². The van der Waals surface area contributed by atoms with Crippen molar-refractivity contribution in [3.63, 3.8) is 0 Å². The van der Waals surface area contributed by atoms with Gasteiger partial charge in [-0.1, -0.05) is 23.4 Å². The minimum absolute atomic E-state index is 0.330. The summed E-state index contributed by atoms with van der Waals surface area (Å²) in [6.45, 7) is 0. The van der Waals surface area contributed by atoms with Gasteiger partial charge in [0.1, 0.15) is 5.82 Å². The average molecular weight is 285 g/mol. The highest BCUT2D eigenvalue weighted by Crippen LogP contribution is 2.25. The van der Waals surface area contributed by atoms with Gasteiger partial charge >= 0.3 is 0 Å². The number of benzene rings is 1. The SMILES string of the molecule is Cn1nnc(Br)c1C(N)c1ccccc1F. The van der Waals surface area contributed by atoms with Crippen molar-refractivity contribution in [2.75, 3.05) is 0 Å². The monoisotopic (exact) mass is 284 g/mol. The summed E-state index contributed by atoms with van der Waals surface area (Å²) in [5.41, 5.74) is 7.06. The van der Waals surface area contributed by atoms with E-state index in [1.54, 1.807) is 25.2 Å². The summed E-state index contributed by atoms with van der Waals surface area (Å²) in [4.78, 5) is 0. The molecule has 0 bridgehead atoms. The van der Waals surface area contributed by atoms with E-state index in [9.17, 15) is 4.39 Å². The molecule has 0 amide bonds. The molecule has 0 saturated carbocycles. The molecule has 0 aliphatic rings. The summed E-state index contributed by atoms with van der Waals surface area (Å²) in [7, 11) is 1.72. The normalized spacial score (nSPS) is 12.8. The van der Waals surface area contributed by atoms with E-state index in [1.807, 2.05) is 0 Å². The van der Waals surface area contributed by atoms with Crippen LogP contribution in [0.25, 0.3) is 0 Å². The molecule has 1 heterocycles. The lowest BCUT2D eigenvalue weighted by Crippen LogP contribution is -2.17. The Morgan fingerprint density at radius 3 is 2.69 bits per heavy atom. The fourth-order valence-corrected chi connectivity index (χ4v) is 2.12. The Balaban J connectivity index is 2.47. The number of hydrogen-bond donors (Lipinski definition) is 1. The Bertz CT molecular complexity index is 492. The predicted molar refractivity (Wildman–Crippen MR) is 61.1 cm³/mol. The van der Waals surface area contributed by atoms with Gasteiger partial charge in [0.25, 0.3) is 0 Å². The first-order valence-corrected chi connectivity index (χ1v) is 5.45. The van der Waals surface area contributed by atoms with Gasteiger partial charge in [0.05, 0.1) is 11.7 Å². The molecule has 0 radical (unpaired) electrons. The van der Waals surface area contributed by atoms with Crippen LogP contribution in [-0.4, -0.2) is 15.0 Å². The zero-order valence-electron chi connectivity index (χ0n) is 8.56. The molecule has 16 heavy (non-hydrogen) atoms. The number of halogens is 2. The summed E-state index contributed by atoms with van der Waals surface area (Å²) in [5.74, 6) is -0.330. The second-order valence-corrected chi connectivity index (χ2v) is 4.14. The minimum Gasteiger partial charge on any atom is -0.319 e. The van der Waals surface area contributed by atoms with E-state index in [1.165, 1.54) is 10.7 Å². The smallest absolute Gasteiger partial charge is 0.153 e. The van der Waals surface area contributed by atoms with Crippen molar-refractivity contribution in [2.24, 2.45) is 12.8 Å². The predicted octanol–water partition coefficient (Wildman–Crippen LogP) is 1.76. The molecule has 1 unspecified atom stereocenters. The van der Waals surface area contributed by atoms with Gasteiger partial charge in [-0.3, -0.25) is 0 Å². The van der Waals surface area contributed by atoms with Crippen molar-refractivity contribution in [1.82, 2.24) is 15.0 Å². The Kier molecular flexibility index (Phi) is 3.02. The first kappa shape index (κ1) is 11.2. The van der Waals surface area contributed by atoms with E-state index >= 15 is 0 Å². The molecule has 1 aromatic carbocycles. The fourth-order valence-electron chi connectivity index (χ4n) is 1.54. The highest BCUT2D eigenvalue weighted by molar-refractivity contribution is 9.10. The van der Waals surface area contributed by atoms with Crippen LogP contribution >= 0.6 is 15.9 Å². The quantitative estimate of drug-likeness (QED) is 0.914. The molecule has 0 saturated heterocycles. The standard InChI is InChI=1S/C10H10BrFN4/c1-16-9(10(11)14-15-16)8(13)6-4-2-3-5-7(6)12/h2-5,8H,13H2,1H3. The minimum atomic E-state index is -0.587. The maximum Gasteiger partial charge on any atom is 0.153 e. The molecule has 6 heteroatoms. The maximum atomic E-state index is 13.5. The lowest BCUT2D eigenvalue weighted by atomic mass is 10.0. The van der Waals surface area contributed by atoms with Gasteiger partial charge in [0, 0.05) is 12.6 Å². The average Bonchev–Trinajstić information content (AvgIpc) is 2.58. The molecule has 0 aliphatic carbocycles. The summed E-state index contributed by atoms with van der Waals surface area (Å²) in [6, 6.07) is 5.82. The molecule has 0 aliphatic heterocycles. The second kappa shape index (κ2) is 4.31. The van der Waals surface area contributed by atoms with Crippen LogP contribution in [0.1, 0.15) is 17.3 Å². The number of nitrogens with zero attached hydrogens (tertiary/aromatic N) is 3. The molecular weight excluding hydrogens is 275 g/mol. The molecule has 0 spiro atoms. The van der Waals surface area contributed by atoms with Gasteiger partial charge in [-0.05, 0) is 22.0 Å². The highest BCUT2D eigenvalue weighted by Gasteiger charge is 2.20. The zero-order chi connectivity index (χ0) is 11.7. The lowest BCUT2D eigenvalue weighted by molar-refractivity contribution is 0.584. The van der Waals surface area contributed by atoms with Crippen molar-refractivity contribution in [2.45, 2.75) is 6.04 Å². The van der Waals surface area contributed by atoms with Gasteiger partial charge in [-0.25, -0.2) is 9.07 Å². The first-order valence-electron chi connectivity index (χ1n) is 4.66. The Labute approximate surface area is 100 Å². The number of rotatable bonds is 2. The van der Waals surface area contributed by atoms with Crippen molar-refractivity contribution < 1.29 is 4.39 Å². The Hall–Kier alpha value is -1.27. The third-order valence-electron chi connectivity index (χ3n) is 2.36. The van der Waals surface area contributed by atoms with E-state index in [2.05, 4.69) is 26.2 Å². The van der Waals surface area contributed by atoms with Crippen LogP contribution in [0.2, 0.25) is 0 Å². The Morgan fingerprint density at radius 1 is 1.44 bits per heavy atom.